The number of rotatable bonds is 2. The Kier molecular flexibility index (Phi) is 7.88. The Hall–Kier alpha value is -3.00. The van der Waals surface area contributed by atoms with Gasteiger partial charge in [0.25, 0.3) is 11.8 Å². The van der Waals surface area contributed by atoms with Crippen LogP contribution in [0.3, 0.4) is 0 Å². The number of hydrogen-bond acceptors (Lipinski definition) is 6. The number of carbonyl (C=O) groups is 2. The van der Waals surface area contributed by atoms with E-state index in [9.17, 15) is 9.59 Å². The molecule has 0 radical (unpaired) electrons. The van der Waals surface area contributed by atoms with Crippen LogP contribution in [-0.2, 0) is 6.42 Å². The van der Waals surface area contributed by atoms with Gasteiger partial charge in [-0.05, 0) is 69.3 Å². The van der Waals surface area contributed by atoms with E-state index in [0.29, 0.717) is 25.7 Å². The maximum Gasteiger partial charge on any atom is 0.274 e. The highest BCUT2D eigenvalue weighted by Crippen LogP contribution is 2.23. The van der Waals surface area contributed by atoms with E-state index < -0.39 is 5.91 Å². The highest BCUT2D eigenvalue weighted by atomic mass is 16.5. The molecule has 2 amide bonds. The van der Waals surface area contributed by atoms with Crippen molar-refractivity contribution in [2.24, 2.45) is 5.73 Å². The highest BCUT2D eigenvalue weighted by Gasteiger charge is 2.23. The number of fused-ring (bicyclic) bond motifs is 3. The Morgan fingerprint density at radius 3 is 2.48 bits per heavy atom. The van der Waals surface area contributed by atoms with E-state index in [2.05, 4.69) is 27.0 Å². The largest absolute Gasteiger partial charge is 0.492 e. The fourth-order valence-corrected chi connectivity index (χ4v) is 4.74. The minimum Gasteiger partial charge on any atom is -0.492 e. The summed E-state index contributed by atoms with van der Waals surface area (Å²) in [6.45, 7) is 3.71. The second-order valence-electron chi connectivity index (χ2n) is 8.87. The van der Waals surface area contributed by atoms with Crippen LogP contribution in [0.15, 0.2) is 36.7 Å². The van der Waals surface area contributed by atoms with Crippen LogP contribution in [0.1, 0.15) is 65.1 Å². The Bertz CT molecular complexity index is 949. The summed E-state index contributed by atoms with van der Waals surface area (Å²) in [5.41, 5.74) is 6.78. The van der Waals surface area contributed by atoms with Gasteiger partial charge in [0, 0.05) is 12.6 Å². The molecule has 8 heteroatoms. The molecule has 0 saturated carbocycles. The highest BCUT2D eigenvalue weighted by molar-refractivity contribution is 5.93. The number of piperidine rings is 1. The first kappa shape index (κ1) is 23.2. The summed E-state index contributed by atoms with van der Waals surface area (Å²) in [5.74, 6) is -0.0423. The zero-order chi connectivity index (χ0) is 23.0. The molecule has 1 aromatic carbocycles. The van der Waals surface area contributed by atoms with Crippen LogP contribution in [0, 0.1) is 0 Å². The summed E-state index contributed by atoms with van der Waals surface area (Å²) >= 11 is 0. The fraction of sp³-hybridized carbons (Fsp3) is 0.520. The van der Waals surface area contributed by atoms with E-state index in [-0.39, 0.29) is 17.3 Å². The van der Waals surface area contributed by atoms with Crippen molar-refractivity contribution in [2.75, 3.05) is 32.8 Å². The Morgan fingerprint density at radius 2 is 1.70 bits per heavy atom. The minimum atomic E-state index is -0.664. The molecule has 0 aliphatic carbocycles. The third-order valence-corrected chi connectivity index (χ3v) is 6.58. The molecule has 1 unspecified atom stereocenters. The first-order valence-corrected chi connectivity index (χ1v) is 12.0. The van der Waals surface area contributed by atoms with Crippen molar-refractivity contribution in [3.63, 3.8) is 0 Å². The van der Waals surface area contributed by atoms with Crippen LogP contribution in [-0.4, -0.2) is 70.4 Å². The predicted molar refractivity (Wildman–Crippen MR) is 125 cm³/mol. The maximum atomic E-state index is 13.1. The molecule has 2 bridgehead atoms. The first-order valence-electron chi connectivity index (χ1n) is 12.0. The van der Waals surface area contributed by atoms with Crippen molar-refractivity contribution in [1.82, 2.24) is 19.8 Å². The second-order valence-corrected chi connectivity index (χ2v) is 8.87. The average Bonchev–Trinajstić information content (AvgIpc) is 2.84. The molecular weight excluding hydrogens is 418 g/mol. The summed E-state index contributed by atoms with van der Waals surface area (Å²) in [6.07, 6.45) is 10.6. The van der Waals surface area contributed by atoms with Gasteiger partial charge in [-0.1, -0.05) is 18.6 Å². The number of hydrogen-bond donors (Lipinski definition) is 1. The van der Waals surface area contributed by atoms with Crippen molar-refractivity contribution in [1.29, 1.82) is 0 Å². The SMILES string of the molecule is NC(=O)c1cnc(C(=O)N2CCCCN3CCCCC3CCc3cccc(c3)OCC2)cn1. The molecule has 3 heterocycles. The van der Waals surface area contributed by atoms with Gasteiger partial charge in [-0.2, -0.15) is 0 Å². The van der Waals surface area contributed by atoms with E-state index in [0.717, 1.165) is 38.1 Å². The lowest BCUT2D eigenvalue weighted by molar-refractivity contribution is 0.0714. The van der Waals surface area contributed by atoms with Crippen molar-refractivity contribution in [3.05, 3.63) is 53.6 Å². The predicted octanol–water partition coefficient (Wildman–Crippen LogP) is 2.68. The molecule has 2 aliphatic heterocycles. The van der Waals surface area contributed by atoms with Crippen molar-refractivity contribution >= 4 is 11.8 Å². The Labute approximate surface area is 195 Å². The summed E-state index contributed by atoms with van der Waals surface area (Å²) in [5, 5.41) is 0. The van der Waals surface area contributed by atoms with E-state index in [1.807, 2.05) is 12.1 Å². The molecule has 8 nitrogen and oxygen atoms in total. The number of ether oxygens (including phenoxy) is 1. The molecule has 1 atom stereocenters. The van der Waals surface area contributed by atoms with Gasteiger partial charge in [0.2, 0.25) is 0 Å². The van der Waals surface area contributed by atoms with Gasteiger partial charge in [0.05, 0.1) is 18.9 Å². The third-order valence-electron chi connectivity index (χ3n) is 6.58. The van der Waals surface area contributed by atoms with Gasteiger partial charge in [-0.15, -0.1) is 0 Å². The lowest BCUT2D eigenvalue weighted by atomic mass is 9.95. The molecule has 176 valence electrons. The van der Waals surface area contributed by atoms with E-state index in [4.69, 9.17) is 10.5 Å². The zero-order valence-electron chi connectivity index (χ0n) is 19.1. The molecule has 1 fully saturated rings. The summed E-state index contributed by atoms with van der Waals surface area (Å²) in [4.78, 5) is 36.9. The Balaban J connectivity index is 1.48. The Morgan fingerprint density at radius 1 is 0.939 bits per heavy atom. The first-order chi connectivity index (χ1) is 16.1. The molecule has 1 aromatic heterocycles. The van der Waals surface area contributed by atoms with Crippen LogP contribution < -0.4 is 10.5 Å². The number of primary amides is 1. The van der Waals surface area contributed by atoms with Crippen LogP contribution in [0.4, 0.5) is 0 Å². The second kappa shape index (κ2) is 11.2. The third kappa shape index (κ3) is 6.28. The van der Waals surface area contributed by atoms with Gasteiger partial charge in [0.15, 0.2) is 0 Å². The van der Waals surface area contributed by atoms with E-state index >= 15 is 0 Å². The normalized spacial score (nSPS) is 20.6. The smallest absolute Gasteiger partial charge is 0.274 e. The number of benzene rings is 1. The number of amides is 2. The summed E-state index contributed by atoms with van der Waals surface area (Å²) in [6, 6.07) is 8.93. The standard InChI is InChI=1S/C25H33N5O3/c26-24(31)22-17-28-23(18-27-22)25(32)30-13-4-3-12-29-11-2-1-7-20(29)10-9-19-6-5-8-21(16-19)33-15-14-30/h5-6,8,16-18,20H,1-4,7,9-15H2,(H2,26,31). The average molecular weight is 452 g/mol. The van der Waals surface area contributed by atoms with Crippen molar-refractivity contribution in [2.45, 2.75) is 51.0 Å². The summed E-state index contributed by atoms with van der Waals surface area (Å²) < 4.78 is 5.99. The van der Waals surface area contributed by atoms with E-state index in [1.165, 1.54) is 43.6 Å². The monoisotopic (exact) mass is 451 g/mol. The van der Waals surface area contributed by atoms with Crippen molar-refractivity contribution in [3.8, 4) is 5.75 Å². The zero-order valence-corrected chi connectivity index (χ0v) is 19.1. The van der Waals surface area contributed by atoms with Gasteiger partial charge >= 0.3 is 0 Å². The van der Waals surface area contributed by atoms with Crippen molar-refractivity contribution < 1.29 is 14.3 Å². The summed E-state index contributed by atoms with van der Waals surface area (Å²) in [7, 11) is 0. The maximum absolute atomic E-state index is 13.1. The van der Waals surface area contributed by atoms with Crippen LogP contribution in [0.2, 0.25) is 0 Å². The molecule has 4 rings (SSSR count). The van der Waals surface area contributed by atoms with Crippen LogP contribution >= 0.6 is 0 Å². The van der Waals surface area contributed by atoms with Gasteiger partial charge in [0.1, 0.15) is 23.7 Å². The molecule has 2 aliphatic rings. The van der Waals surface area contributed by atoms with Gasteiger partial charge in [-0.3, -0.25) is 9.59 Å². The lowest BCUT2D eigenvalue weighted by Gasteiger charge is -2.36. The number of aryl methyl sites for hydroxylation is 1. The number of nitrogens with zero attached hydrogens (tertiary/aromatic N) is 4. The minimum absolute atomic E-state index is 0.0444. The molecular formula is C25H33N5O3. The number of aromatic nitrogens is 2. The number of carbonyl (C=O) groups excluding carboxylic acids is 2. The van der Waals surface area contributed by atoms with Gasteiger partial charge in [-0.25, -0.2) is 9.97 Å². The fourth-order valence-electron chi connectivity index (χ4n) is 4.74. The molecule has 2 aromatic rings. The molecule has 33 heavy (non-hydrogen) atoms. The van der Waals surface area contributed by atoms with Crippen LogP contribution in [0.25, 0.3) is 0 Å². The topological polar surface area (TPSA) is 102 Å². The van der Waals surface area contributed by atoms with Crippen LogP contribution in [0.5, 0.6) is 5.75 Å². The quantitative estimate of drug-likeness (QED) is 0.753. The number of nitrogens with two attached hydrogens (primary N) is 1. The molecule has 1 saturated heterocycles. The lowest BCUT2D eigenvalue weighted by Crippen LogP contribution is -2.41. The molecule has 0 spiro atoms. The van der Waals surface area contributed by atoms with E-state index in [1.54, 1.807) is 4.90 Å². The molecule has 2 N–H and O–H groups in total. The van der Waals surface area contributed by atoms with Gasteiger partial charge < -0.3 is 20.3 Å².